The van der Waals surface area contributed by atoms with E-state index in [1.54, 1.807) is 0 Å². The van der Waals surface area contributed by atoms with Gasteiger partial charge in [-0.05, 0) is 36.6 Å². The molecule has 0 aliphatic carbocycles. The summed E-state index contributed by atoms with van der Waals surface area (Å²) in [5, 5.41) is 0. The van der Waals surface area contributed by atoms with E-state index in [9.17, 15) is 9.18 Å². The molecule has 0 bridgehead atoms. The molecule has 0 unspecified atom stereocenters. The van der Waals surface area contributed by atoms with E-state index >= 15 is 0 Å². The maximum atomic E-state index is 13.2. The molecule has 2 aromatic rings. The number of carbonyl (C=O) groups is 1. The van der Waals surface area contributed by atoms with Crippen molar-refractivity contribution >= 4 is 5.97 Å². The van der Waals surface area contributed by atoms with Crippen LogP contribution < -0.4 is 4.74 Å². The number of hydrogen-bond acceptors (Lipinski definition) is 3. The molecule has 110 valence electrons. The Labute approximate surface area is 123 Å². The first-order valence-corrected chi connectivity index (χ1v) is 6.75. The molecule has 2 aromatic carbocycles. The van der Waals surface area contributed by atoms with Crippen LogP contribution in [0.25, 0.3) is 0 Å². The molecule has 2 rings (SSSR count). The molecule has 3 nitrogen and oxygen atoms in total. The number of methoxy groups -OCH3 is 1. The van der Waals surface area contributed by atoms with Gasteiger partial charge in [0.1, 0.15) is 17.1 Å². The summed E-state index contributed by atoms with van der Waals surface area (Å²) in [4.78, 5) is 11.9. The van der Waals surface area contributed by atoms with Gasteiger partial charge >= 0.3 is 5.97 Å². The van der Waals surface area contributed by atoms with Crippen molar-refractivity contribution in [1.82, 2.24) is 0 Å². The highest BCUT2D eigenvalue weighted by Crippen LogP contribution is 2.20. The van der Waals surface area contributed by atoms with Crippen LogP contribution >= 0.6 is 0 Å². The van der Waals surface area contributed by atoms with Crippen LogP contribution in [0.5, 0.6) is 5.75 Å². The molecule has 0 aliphatic heterocycles. The largest absolute Gasteiger partial charge is 0.496 e. The van der Waals surface area contributed by atoms with E-state index in [4.69, 9.17) is 9.47 Å². The van der Waals surface area contributed by atoms with Gasteiger partial charge in [-0.25, -0.2) is 9.18 Å². The minimum Gasteiger partial charge on any atom is -0.496 e. The van der Waals surface area contributed by atoms with Gasteiger partial charge in [-0.2, -0.15) is 0 Å². The van der Waals surface area contributed by atoms with E-state index in [1.807, 2.05) is 30.3 Å². The molecule has 0 spiro atoms. The standard InChI is InChI=1S/C17H17FO3/c1-20-16-10-9-14(18)12-15(16)17(19)21-11-5-8-13-6-3-2-4-7-13/h2-4,6-7,9-10,12H,5,8,11H2,1H3. The topological polar surface area (TPSA) is 35.5 Å². The van der Waals surface area contributed by atoms with Crippen LogP contribution in [0.15, 0.2) is 48.5 Å². The first-order chi connectivity index (χ1) is 10.2. The van der Waals surface area contributed by atoms with Gasteiger partial charge in [-0.3, -0.25) is 0 Å². The van der Waals surface area contributed by atoms with Crippen LogP contribution in [0, 0.1) is 5.82 Å². The summed E-state index contributed by atoms with van der Waals surface area (Å²) in [5.41, 5.74) is 1.30. The van der Waals surface area contributed by atoms with Crippen molar-refractivity contribution in [1.29, 1.82) is 0 Å². The van der Waals surface area contributed by atoms with Crippen LogP contribution in [0.4, 0.5) is 4.39 Å². The molecule has 0 saturated carbocycles. The Balaban J connectivity index is 1.86. The molecule has 4 heteroatoms. The number of rotatable bonds is 6. The predicted octanol–water partition coefficient (Wildman–Crippen LogP) is 3.62. The molecule has 0 saturated heterocycles. The lowest BCUT2D eigenvalue weighted by Crippen LogP contribution is -2.09. The molecule has 0 heterocycles. The molecule has 0 aromatic heterocycles. The third kappa shape index (κ3) is 4.31. The van der Waals surface area contributed by atoms with Crippen molar-refractivity contribution in [3.8, 4) is 5.75 Å². The average Bonchev–Trinajstić information content (AvgIpc) is 2.52. The fourth-order valence-electron chi connectivity index (χ4n) is 2.00. The second-order valence-corrected chi connectivity index (χ2v) is 4.57. The molecular formula is C17H17FO3. The molecule has 0 N–H and O–H groups in total. The summed E-state index contributed by atoms with van der Waals surface area (Å²) >= 11 is 0. The smallest absolute Gasteiger partial charge is 0.342 e. The third-order valence-electron chi connectivity index (χ3n) is 3.07. The zero-order valence-electron chi connectivity index (χ0n) is 11.8. The van der Waals surface area contributed by atoms with Crippen LogP contribution in [-0.2, 0) is 11.2 Å². The summed E-state index contributed by atoms with van der Waals surface area (Å²) < 4.78 is 23.4. The number of carbonyl (C=O) groups excluding carboxylic acids is 1. The molecule has 0 radical (unpaired) electrons. The number of benzene rings is 2. The third-order valence-corrected chi connectivity index (χ3v) is 3.07. The fraction of sp³-hybridized carbons (Fsp3) is 0.235. The fourth-order valence-corrected chi connectivity index (χ4v) is 2.00. The molecule has 0 amide bonds. The molecular weight excluding hydrogens is 271 g/mol. The Kier molecular flexibility index (Phi) is 5.32. The molecule has 0 atom stereocenters. The number of esters is 1. The van der Waals surface area contributed by atoms with E-state index in [0.717, 1.165) is 12.5 Å². The van der Waals surface area contributed by atoms with Gasteiger partial charge in [0, 0.05) is 0 Å². The van der Waals surface area contributed by atoms with Gasteiger partial charge in [0.2, 0.25) is 0 Å². The first-order valence-electron chi connectivity index (χ1n) is 6.75. The Morgan fingerprint density at radius 3 is 2.62 bits per heavy atom. The quantitative estimate of drug-likeness (QED) is 0.601. The lowest BCUT2D eigenvalue weighted by molar-refractivity contribution is 0.0496. The highest BCUT2D eigenvalue weighted by molar-refractivity contribution is 5.92. The van der Waals surface area contributed by atoms with Crippen molar-refractivity contribution < 1.29 is 18.7 Å². The minimum atomic E-state index is -0.570. The average molecular weight is 288 g/mol. The number of halogens is 1. The van der Waals surface area contributed by atoms with E-state index in [-0.39, 0.29) is 12.2 Å². The maximum Gasteiger partial charge on any atom is 0.342 e. The summed E-state index contributed by atoms with van der Waals surface area (Å²) in [6.07, 6.45) is 1.54. The number of ether oxygens (including phenoxy) is 2. The van der Waals surface area contributed by atoms with Crippen molar-refractivity contribution in [3.63, 3.8) is 0 Å². The normalized spacial score (nSPS) is 10.2. The van der Waals surface area contributed by atoms with E-state index in [2.05, 4.69) is 0 Å². The van der Waals surface area contributed by atoms with E-state index in [0.29, 0.717) is 12.2 Å². The SMILES string of the molecule is COc1ccc(F)cc1C(=O)OCCCc1ccccc1. The summed E-state index contributed by atoms with van der Waals surface area (Å²) in [6, 6.07) is 13.7. The molecule has 0 fully saturated rings. The second-order valence-electron chi connectivity index (χ2n) is 4.57. The Morgan fingerprint density at radius 2 is 1.90 bits per heavy atom. The molecule has 0 aliphatic rings. The van der Waals surface area contributed by atoms with Crippen molar-refractivity contribution in [2.75, 3.05) is 13.7 Å². The molecule has 21 heavy (non-hydrogen) atoms. The van der Waals surface area contributed by atoms with Gasteiger partial charge in [0.05, 0.1) is 13.7 Å². The zero-order valence-corrected chi connectivity index (χ0v) is 11.8. The van der Waals surface area contributed by atoms with Crippen molar-refractivity contribution in [2.24, 2.45) is 0 Å². The minimum absolute atomic E-state index is 0.109. The van der Waals surface area contributed by atoms with Gasteiger partial charge in [0.25, 0.3) is 0 Å². The number of aryl methyl sites for hydroxylation is 1. The Morgan fingerprint density at radius 1 is 1.14 bits per heavy atom. The monoisotopic (exact) mass is 288 g/mol. The summed E-state index contributed by atoms with van der Waals surface area (Å²) in [6.45, 7) is 0.285. The summed E-state index contributed by atoms with van der Waals surface area (Å²) in [7, 11) is 1.43. The maximum absolute atomic E-state index is 13.2. The predicted molar refractivity (Wildman–Crippen MR) is 78.0 cm³/mol. The van der Waals surface area contributed by atoms with Crippen LogP contribution in [0.2, 0.25) is 0 Å². The van der Waals surface area contributed by atoms with Gasteiger partial charge in [-0.15, -0.1) is 0 Å². The van der Waals surface area contributed by atoms with Crippen molar-refractivity contribution in [2.45, 2.75) is 12.8 Å². The van der Waals surface area contributed by atoms with Crippen LogP contribution in [0.1, 0.15) is 22.3 Å². The van der Waals surface area contributed by atoms with Crippen LogP contribution in [-0.4, -0.2) is 19.7 Å². The lowest BCUT2D eigenvalue weighted by atomic mass is 10.1. The van der Waals surface area contributed by atoms with E-state index < -0.39 is 11.8 Å². The summed E-state index contributed by atoms with van der Waals surface area (Å²) in [5.74, 6) is -0.754. The second kappa shape index (κ2) is 7.43. The lowest BCUT2D eigenvalue weighted by Gasteiger charge is -2.09. The van der Waals surface area contributed by atoms with Gasteiger partial charge < -0.3 is 9.47 Å². The van der Waals surface area contributed by atoms with Gasteiger partial charge in [-0.1, -0.05) is 30.3 Å². The Bertz CT molecular complexity index is 596. The Hall–Kier alpha value is -2.36. The van der Waals surface area contributed by atoms with Crippen LogP contribution in [0.3, 0.4) is 0 Å². The zero-order chi connectivity index (χ0) is 15.1. The van der Waals surface area contributed by atoms with Crippen molar-refractivity contribution in [3.05, 3.63) is 65.5 Å². The van der Waals surface area contributed by atoms with E-state index in [1.165, 1.54) is 24.8 Å². The van der Waals surface area contributed by atoms with Gasteiger partial charge in [0.15, 0.2) is 0 Å². The number of hydrogen-bond donors (Lipinski definition) is 0. The highest BCUT2D eigenvalue weighted by atomic mass is 19.1. The highest BCUT2D eigenvalue weighted by Gasteiger charge is 2.14. The first kappa shape index (κ1) is 15.0.